The Labute approximate surface area is 140 Å². The molecule has 6 rings (SSSR count). The molecule has 2 heteroatoms. The Morgan fingerprint density at radius 1 is 0.542 bits per heavy atom. The molecule has 0 spiro atoms. The summed E-state index contributed by atoms with van der Waals surface area (Å²) in [6.45, 7) is 0. The number of rotatable bonds is 0. The van der Waals surface area contributed by atoms with Gasteiger partial charge in [-0.25, -0.2) is 0 Å². The van der Waals surface area contributed by atoms with Gasteiger partial charge in [0.15, 0.2) is 0 Å². The molecule has 110 valence electrons. The Kier molecular flexibility index (Phi) is 2.50. The third-order valence-corrected chi connectivity index (χ3v) is 5.32. The van der Waals surface area contributed by atoms with Gasteiger partial charge in [0.2, 0.25) is 0 Å². The van der Waals surface area contributed by atoms with E-state index in [0.717, 1.165) is 0 Å². The second-order valence-corrected chi connectivity index (χ2v) is 6.37. The molecule has 0 saturated carbocycles. The van der Waals surface area contributed by atoms with Gasteiger partial charge in [-0.15, -0.1) is 0 Å². The van der Waals surface area contributed by atoms with Gasteiger partial charge in [-0.05, 0) is 45.5 Å². The van der Waals surface area contributed by atoms with Crippen molar-refractivity contribution >= 4 is 0 Å². The van der Waals surface area contributed by atoms with Crippen molar-refractivity contribution in [1.82, 2.24) is 0 Å². The van der Waals surface area contributed by atoms with Crippen LogP contribution in [0.25, 0.3) is 0 Å². The van der Waals surface area contributed by atoms with E-state index in [4.69, 9.17) is 0 Å². The molecule has 3 aliphatic rings. The van der Waals surface area contributed by atoms with Crippen LogP contribution in [-0.4, -0.2) is 0 Å². The Morgan fingerprint density at radius 2 is 0.875 bits per heavy atom. The molecule has 0 saturated heterocycles. The molecule has 0 heterocycles. The fraction of sp³-hybridized carbons (Fsp3) is 0.0909. The highest BCUT2D eigenvalue weighted by molar-refractivity contribution is 5.70. The van der Waals surface area contributed by atoms with Gasteiger partial charge in [-0.2, -0.15) is 10.5 Å². The molecule has 24 heavy (non-hydrogen) atoms. The number of hydrogen-bond donors (Lipinski definition) is 0. The summed E-state index contributed by atoms with van der Waals surface area (Å²) in [6.07, 6.45) is 0. The fourth-order valence-corrected chi connectivity index (χ4v) is 4.40. The molecule has 2 bridgehead atoms. The minimum absolute atomic E-state index is 0.150. The summed E-state index contributed by atoms with van der Waals surface area (Å²) in [5, 5.41) is 18.8. The summed E-state index contributed by atoms with van der Waals surface area (Å²) in [5.41, 5.74) is 8.58. The number of hydrogen-bond acceptors (Lipinski definition) is 2. The summed E-state index contributed by atoms with van der Waals surface area (Å²) < 4.78 is 0. The Morgan fingerprint density at radius 3 is 1.17 bits per heavy atom. The molecule has 0 fully saturated rings. The monoisotopic (exact) mass is 304 g/mol. The fourth-order valence-electron chi connectivity index (χ4n) is 4.40. The largest absolute Gasteiger partial charge is 0.192 e. The molecule has 3 aromatic carbocycles. The van der Waals surface area contributed by atoms with Crippen LogP contribution in [0.5, 0.6) is 0 Å². The summed E-state index contributed by atoms with van der Waals surface area (Å²) in [4.78, 5) is 0. The van der Waals surface area contributed by atoms with E-state index in [0.29, 0.717) is 11.1 Å². The molecule has 0 amide bonds. The zero-order chi connectivity index (χ0) is 16.3. The first kappa shape index (κ1) is 13.1. The average molecular weight is 304 g/mol. The van der Waals surface area contributed by atoms with Crippen LogP contribution in [0, 0.1) is 22.7 Å². The van der Waals surface area contributed by atoms with Crippen LogP contribution in [0.2, 0.25) is 0 Å². The molecule has 0 radical (unpaired) electrons. The van der Waals surface area contributed by atoms with Gasteiger partial charge in [0.25, 0.3) is 0 Å². The van der Waals surface area contributed by atoms with E-state index >= 15 is 0 Å². The lowest BCUT2D eigenvalue weighted by atomic mass is 9.61. The van der Waals surface area contributed by atoms with Gasteiger partial charge in [-0.3, -0.25) is 0 Å². The van der Waals surface area contributed by atoms with Gasteiger partial charge in [0, 0.05) is 11.8 Å². The van der Waals surface area contributed by atoms with Gasteiger partial charge in [0.1, 0.15) is 12.1 Å². The van der Waals surface area contributed by atoms with Gasteiger partial charge in [-0.1, -0.05) is 48.5 Å². The first-order valence-corrected chi connectivity index (χ1v) is 7.99. The van der Waals surface area contributed by atoms with Crippen LogP contribution >= 0.6 is 0 Å². The van der Waals surface area contributed by atoms with Crippen molar-refractivity contribution in [1.29, 1.82) is 10.5 Å². The third-order valence-electron chi connectivity index (χ3n) is 5.32. The molecular formula is C22H12N2. The van der Waals surface area contributed by atoms with Crippen LogP contribution in [-0.2, 0) is 0 Å². The van der Waals surface area contributed by atoms with E-state index < -0.39 is 0 Å². The van der Waals surface area contributed by atoms with Crippen molar-refractivity contribution in [3.63, 3.8) is 0 Å². The first-order chi connectivity index (χ1) is 11.8. The quantitative estimate of drug-likeness (QED) is 0.425. The van der Waals surface area contributed by atoms with Gasteiger partial charge >= 0.3 is 0 Å². The second kappa shape index (κ2) is 4.57. The highest BCUT2D eigenvalue weighted by Crippen LogP contribution is 2.55. The Hall–Kier alpha value is -3.36. The molecule has 0 atom stereocenters. The van der Waals surface area contributed by atoms with Crippen LogP contribution < -0.4 is 0 Å². The average Bonchev–Trinajstić information content (AvgIpc) is 2.66. The van der Waals surface area contributed by atoms with Crippen LogP contribution in [0.4, 0.5) is 0 Å². The van der Waals surface area contributed by atoms with Crippen LogP contribution in [0.15, 0.2) is 60.7 Å². The zero-order valence-corrected chi connectivity index (χ0v) is 12.8. The van der Waals surface area contributed by atoms with Crippen molar-refractivity contribution in [3.05, 3.63) is 105 Å². The zero-order valence-electron chi connectivity index (χ0n) is 12.8. The van der Waals surface area contributed by atoms with E-state index in [1.165, 1.54) is 33.4 Å². The van der Waals surface area contributed by atoms with Crippen LogP contribution in [0.1, 0.15) is 56.3 Å². The van der Waals surface area contributed by atoms with E-state index in [2.05, 4.69) is 60.7 Å². The Balaban J connectivity index is 1.90. The maximum atomic E-state index is 9.41. The third kappa shape index (κ3) is 1.48. The van der Waals surface area contributed by atoms with E-state index in [1.807, 2.05) is 12.1 Å². The maximum absolute atomic E-state index is 9.41. The number of nitriles is 2. The topological polar surface area (TPSA) is 47.6 Å². The SMILES string of the molecule is N#Cc1cc2c(cc1C#N)C1c3ccccc3C2c2ccccc21. The number of nitrogens with zero attached hydrogens (tertiary/aromatic N) is 2. The van der Waals surface area contributed by atoms with E-state index in [1.54, 1.807) is 0 Å². The van der Waals surface area contributed by atoms with Crippen molar-refractivity contribution in [3.8, 4) is 12.1 Å². The maximum Gasteiger partial charge on any atom is 0.101 e. The van der Waals surface area contributed by atoms with Crippen LogP contribution in [0.3, 0.4) is 0 Å². The highest BCUT2D eigenvalue weighted by Gasteiger charge is 2.41. The van der Waals surface area contributed by atoms with Crippen molar-refractivity contribution in [2.45, 2.75) is 11.8 Å². The lowest BCUT2D eigenvalue weighted by Gasteiger charge is -2.42. The van der Waals surface area contributed by atoms with Crippen molar-refractivity contribution < 1.29 is 0 Å². The molecule has 3 aliphatic carbocycles. The molecule has 3 aromatic rings. The van der Waals surface area contributed by atoms with Gasteiger partial charge < -0.3 is 0 Å². The molecular weight excluding hydrogens is 292 g/mol. The second-order valence-electron chi connectivity index (χ2n) is 6.37. The van der Waals surface area contributed by atoms with E-state index in [-0.39, 0.29) is 11.8 Å². The van der Waals surface area contributed by atoms with E-state index in [9.17, 15) is 10.5 Å². The summed E-state index contributed by atoms with van der Waals surface area (Å²) in [7, 11) is 0. The smallest absolute Gasteiger partial charge is 0.101 e. The predicted octanol–water partition coefficient (Wildman–Crippen LogP) is 4.42. The molecule has 0 aromatic heterocycles. The lowest BCUT2D eigenvalue weighted by Crippen LogP contribution is -2.27. The molecule has 2 nitrogen and oxygen atoms in total. The normalized spacial score (nSPS) is 18.8. The minimum atomic E-state index is 0.150. The predicted molar refractivity (Wildman–Crippen MR) is 90.6 cm³/mol. The lowest BCUT2D eigenvalue weighted by molar-refractivity contribution is 0.753. The molecule has 0 N–H and O–H groups in total. The Bertz CT molecular complexity index is 961. The number of benzene rings is 3. The molecule has 0 aliphatic heterocycles. The summed E-state index contributed by atoms with van der Waals surface area (Å²) in [5.74, 6) is 0.300. The summed E-state index contributed by atoms with van der Waals surface area (Å²) in [6, 6.07) is 25.3. The minimum Gasteiger partial charge on any atom is -0.192 e. The molecule has 0 unspecified atom stereocenters. The van der Waals surface area contributed by atoms with Gasteiger partial charge in [0.05, 0.1) is 11.1 Å². The highest BCUT2D eigenvalue weighted by atomic mass is 14.4. The standard InChI is InChI=1S/C22H12N2/c23-11-13-9-19-20(10-14(13)12-24)22-16-6-2-1-5-15(16)21(19)17-7-3-4-8-18(17)22/h1-10,21-22H. The first-order valence-electron chi connectivity index (χ1n) is 7.99. The van der Waals surface area contributed by atoms with Crippen molar-refractivity contribution in [2.24, 2.45) is 0 Å². The summed E-state index contributed by atoms with van der Waals surface area (Å²) >= 11 is 0. The van der Waals surface area contributed by atoms with Crippen molar-refractivity contribution in [2.75, 3.05) is 0 Å².